The summed E-state index contributed by atoms with van der Waals surface area (Å²) in [6.07, 6.45) is -2.00. The maximum absolute atomic E-state index is 12.9. The number of carbonyl (C=O) groups is 2. The molecule has 2 amide bonds. The zero-order valence-electron chi connectivity index (χ0n) is 18.3. The molecule has 182 valence electrons. The van der Waals surface area contributed by atoms with Crippen LogP contribution in [0.25, 0.3) is 11.1 Å². The maximum atomic E-state index is 12.9. The van der Waals surface area contributed by atoms with Crippen molar-refractivity contribution in [3.8, 4) is 11.1 Å². The molecule has 2 N–H and O–H groups in total. The number of carbonyl (C=O) groups excluding carboxylic acids is 2. The minimum Gasteiger partial charge on any atom is -0.380 e. The number of anilines is 1. The zero-order chi connectivity index (χ0) is 24.5. The van der Waals surface area contributed by atoms with Gasteiger partial charge in [0, 0.05) is 37.4 Å². The first-order chi connectivity index (χ1) is 16.1. The van der Waals surface area contributed by atoms with Crippen molar-refractivity contribution in [2.45, 2.75) is 24.9 Å². The standard InChI is InChI=1S/C23H25F2N3O5S/c24-20(25)15-34(32,33)26-19-3-1-2-18(14-19)16-4-6-17(7-5-16)21(29)27-10-12-28(13-11-27)22(30)23(31)8-9-23/h1-7,14,20,26,31H,8-13,15H2. The minimum absolute atomic E-state index is 0.168. The Morgan fingerprint density at radius 2 is 1.59 bits per heavy atom. The van der Waals surface area contributed by atoms with E-state index in [0.717, 1.165) is 5.56 Å². The van der Waals surface area contributed by atoms with E-state index in [2.05, 4.69) is 4.72 Å². The highest BCUT2D eigenvalue weighted by molar-refractivity contribution is 7.92. The van der Waals surface area contributed by atoms with Crippen LogP contribution in [-0.2, 0) is 14.8 Å². The number of rotatable bonds is 7. The van der Waals surface area contributed by atoms with E-state index >= 15 is 0 Å². The van der Waals surface area contributed by atoms with E-state index in [4.69, 9.17) is 0 Å². The molecule has 1 saturated carbocycles. The average Bonchev–Trinajstić information content (AvgIpc) is 3.56. The Hall–Kier alpha value is -3.05. The van der Waals surface area contributed by atoms with Crippen molar-refractivity contribution >= 4 is 27.5 Å². The van der Waals surface area contributed by atoms with E-state index in [-0.39, 0.29) is 17.5 Å². The number of hydrogen-bond acceptors (Lipinski definition) is 5. The Balaban J connectivity index is 1.39. The van der Waals surface area contributed by atoms with Gasteiger partial charge in [-0.2, -0.15) is 0 Å². The van der Waals surface area contributed by atoms with Gasteiger partial charge in [0.2, 0.25) is 10.0 Å². The lowest BCUT2D eigenvalue weighted by Gasteiger charge is -2.35. The number of benzene rings is 2. The lowest BCUT2D eigenvalue weighted by Crippen LogP contribution is -2.53. The molecular formula is C23H25F2N3O5S. The summed E-state index contributed by atoms with van der Waals surface area (Å²) in [5.74, 6) is -1.71. The largest absolute Gasteiger partial charge is 0.380 e. The summed E-state index contributed by atoms with van der Waals surface area (Å²) in [7, 11) is -4.17. The first-order valence-electron chi connectivity index (χ1n) is 10.9. The molecule has 2 aromatic rings. The molecule has 0 unspecified atom stereocenters. The quantitative estimate of drug-likeness (QED) is 0.615. The highest BCUT2D eigenvalue weighted by Gasteiger charge is 2.50. The molecule has 0 aromatic heterocycles. The number of amides is 2. The van der Waals surface area contributed by atoms with Crippen LogP contribution in [0.4, 0.5) is 14.5 Å². The summed E-state index contributed by atoms with van der Waals surface area (Å²) in [5, 5.41) is 9.99. The Kier molecular flexibility index (Phi) is 6.59. The fourth-order valence-electron chi connectivity index (χ4n) is 3.88. The van der Waals surface area contributed by atoms with Gasteiger partial charge in [-0.05, 0) is 48.2 Å². The smallest absolute Gasteiger partial charge is 0.254 e. The molecule has 2 fully saturated rings. The minimum atomic E-state index is -4.17. The van der Waals surface area contributed by atoms with Crippen LogP contribution in [0.5, 0.6) is 0 Å². The SMILES string of the molecule is O=C(c1ccc(-c2cccc(NS(=O)(=O)CC(F)F)c2)cc1)N1CCN(C(=O)C2(O)CC2)CC1. The van der Waals surface area contributed by atoms with Gasteiger partial charge in [-0.15, -0.1) is 0 Å². The summed E-state index contributed by atoms with van der Waals surface area (Å²) in [4.78, 5) is 28.4. The van der Waals surface area contributed by atoms with Gasteiger partial charge in [-0.1, -0.05) is 24.3 Å². The van der Waals surface area contributed by atoms with E-state index in [1.54, 1.807) is 46.2 Å². The van der Waals surface area contributed by atoms with Crippen LogP contribution < -0.4 is 4.72 Å². The Morgan fingerprint density at radius 3 is 2.18 bits per heavy atom. The van der Waals surface area contributed by atoms with Crippen LogP contribution in [0.2, 0.25) is 0 Å². The van der Waals surface area contributed by atoms with Gasteiger partial charge >= 0.3 is 0 Å². The third-order valence-electron chi connectivity index (χ3n) is 5.92. The van der Waals surface area contributed by atoms with Gasteiger partial charge in [-0.3, -0.25) is 14.3 Å². The van der Waals surface area contributed by atoms with Crippen LogP contribution in [0.3, 0.4) is 0 Å². The van der Waals surface area contributed by atoms with Gasteiger partial charge in [0.15, 0.2) is 0 Å². The molecule has 1 saturated heterocycles. The van der Waals surface area contributed by atoms with Crippen molar-refractivity contribution in [1.29, 1.82) is 0 Å². The number of halogens is 2. The second-order valence-electron chi connectivity index (χ2n) is 8.55. The molecule has 1 heterocycles. The first-order valence-corrected chi connectivity index (χ1v) is 12.5. The van der Waals surface area contributed by atoms with Crippen LogP contribution in [-0.4, -0.2) is 79.1 Å². The van der Waals surface area contributed by atoms with Crippen LogP contribution in [0.15, 0.2) is 48.5 Å². The molecule has 11 heteroatoms. The molecule has 0 bridgehead atoms. The fourth-order valence-corrected chi connectivity index (χ4v) is 4.78. The monoisotopic (exact) mass is 493 g/mol. The molecule has 0 spiro atoms. The van der Waals surface area contributed by atoms with Crippen LogP contribution in [0, 0.1) is 0 Å². The van der Waals surface area contributed by atoms with Crippen molar-refractivity contribution in [2.75, 3.05) is 36.7 Å². The van der Waals surface area contributed by atoms with Gasteiger partial charge in [0.25, 0.3) is 18.2 Å². The van der Waals surface area contributed by atoms with Gasteiger partial charge in [0.05, 0.1) is 0 Å². The lowest BCUT2D eigenvalue weighted by atomic mass is 10.0. The van der Waals surface area contributed by atoms with Crippen molar-refractivity contribution < 1.29 is 31.9 Å². The second-order valence-corrected chi connectivity index (χ2v) is 10.3. The molecule has 34 heavy (non-hydrogen) atoms. The van der Waals surface area contributed by atoms with Crippen molar-refractivity contribution in [3.05, 3.63) is 54.1 Å². The highest BCUT2D eigenvalue weighted by atomic mass is 32.2. The number of aliphatic hydroxyl groups is 1. The average molecular weight is 494 g/mol. The van der Waals surface area contributed by atoms with Crippen molar-refractivity contribution in [1.82, 2.24) is 9.80 Å². The molecular weight excluding hydrogens is 468 g/mol. The van der Waals surface area contributed by atoms with E-state index in [9.17, 15) is 31.9 Å². The second kappa shape index (κ2) is 9.30. The zero-order valence-corrected chi connectivity index (χ0v) is 19.1. The summed E-state index contributed by atoms with van der Waals surface area (Å²) >= 11 is 0. The number of piperazine rings is 1. The normalized spacial score (nSPS) is 17.5. The molecule has 1 aliphatic carbocycles. The third-order valence-corrected chi connectivity index (χ3v) is 7.16. The number of nitrogens with zero attached hydrogens (tertiary/aromatic N) is 2. The van der Waals surface area contributed by atoms with Crippen LogP contribution >= 0.6 is 0 Å². The molecule has 4 rings (SSSR count). The summed E-state index contributed by atoms with van der Waals surface area (Å²) in [5.41, 5.74) is 0.808. The van der Waals surface area contributed by atoms with E-state index in [0.29, 0.717) is 50.1 Å². The number of hydrogen-bond donors (Lipinski definition) is 2. The summed E-state index contributed by atoms with van der Waals surface area (Å²) in [6.45, 7) is 1.50. The molecule has 0 atom stereocenters. The maximum Gasteiger partial charge on any atom is 0.254 e. The topological polar surface area (TPSA) is 107 Å². The summed E-state index contributed by atoms with van der Waals surface area (Å²) in [6, 6.07) is 13.1. The fraction of sp³-hybridized carbons (Fsp3) is 0.391. The molecule has 0 radical (unpaired) electrons. The van der Waals surface area contributed by atoms with Crippen molar-refractivity contribution in [2.24, 2.45) is 0 Å². The molecule has 1 aliphatic heterocycles. The lowest BCUT2D eigenvalue weighted by molar-refractivity contribution is -0.143. The predicted molar refractivity (Wildman–Crippen MR) is 122 cm³/mol. The Bertz CT molecular complexity index is 1180. The number of alkyl halides is 2. The van der Waals surface area contributed by atoms with Gasteiger partial charge in [-0.25, -0.2) is 17.2 Å². The van der Waals surface area contributed by atoms with E-state index in [1.807, 2.05) is 0 Å². The molecule has 2 aromatic carbocycles. The number of nitrogens with one attached hydrogen (secondary N) is 1. The summed E-state index contributed by atoms with van der Waals surface area (Å²) < 4.78 is 50.6. The van der Waals surface area contributed by atoms with Crippen molar-refractivity contribution in [3.63, 3.8) is 0 Å². The van der Waals surface area contributed by atoms with Crippen LogP contribution in [0.1, 0.15) is 23.2 Å². The van der Waals surface area contributed by atoms with E-state index < -0.39 is 27.8 Å². The van der Waals surface area contributed by atoms with Gasteiger partial charge in [0.1, 0.15) is 11.4 Å². The molecule has 2 aliphatic rings. The number of sulfonamides is 1. The Morgan fingerprint density at radius 1 is 0.971 bits per heavy atom. The highest BCUT2D eigenvalue weighted by Crippen LogP contribution is 2.37. The predicted octanol–water partition coefficient (Wildman–Crippen LogP) is 2.17. The first kappa shape index (κ1) is 24.1. The van der Waals surface area contributed by atoms with E-state index in [1.165, 1.54) is 12.1 Å². The third kappa shape index (κ3) is 5.53. The molecule has 8 nitrogen and oxygen atoms in total. The van der Waals surface area contributed by atoms with Gasteiger partial charge < -0.3 is 14.9 Å². The Labute approximate surface area is 196 Å².